The molecule has 2 N–H and O–H groups in total. The molecule has 6 nitrogen and oxygen atoms in total. The number of hydrogen-bond donors (Lipinski definition) is 2. The van der Waals surface area contributed by atoms with E-state index in [0.29, 0.717) is 5.01 Å². The molecule has 0 bridgehead atoms. The van der Waals surface area contributed by atoms with Crippen molar-refractivity contribution in [3.05, 3.63) is 99.5 Å². The van der Waals surface area contributed by atoms with Crippen molar-refractivity contribution in [3.63, 3.8) is 0 Å². The summed E-state index contributed by atoms with van der Waals surface area (Å²) in [6.07, 6.45) is -0.800. The third-order valence-electron chi connectivity index (χ3n) is 5.74. The Morgan fingerprint density at radius 1 is 1.03 bits per heavy atom. The number of amides is 1. The molecule has 0 aliphatic heterocycles. The number of rotatable bonds is 6. The number of thiazole rings is 1. The number of carboxylic acids is 1. The Balaban J connectivity index is 1.30. The van der Waals surface area contributed by atoms with Crippen molar-refractivity contribution in [1.29, 1.82) is 0 Å². The molecule has 0 saturated carbocycles. The Hall–Kier alpha value is -3.49. The van der Waals surface area contributed by atoms with Gasteiger partial charge in [0, 0.05) is 21.3 Å². The molecule has 1 aliphatic rings. The van der Waals surface area contributed by atoms with E-state index in [0.717, 1.165) is 32.3 Å². The fourth-order valence-electron chi connectivity index (χ4n) is 4.19. The normalized spacial score (nSPS) is 13.1. The molecule has 1 aromatic heterocycles. The summed E-state index contributed by atoms with van der Waals surface area (Å²) < 4.78 is 6.40. The van der Waals surface area contributed by atoms with E-state index in [9.17, 15) is 14.7 Å². The van der Waals surface area contributed by atoms with Gasteiger partial charge in [0.1, 0.15) is 11.6 Å². The van der Waals surface area contributed by atoms with Gasteiger partial charge in [0.05, 0.1) is 5.69 Å². The molecular weight excluding hydrogens is 516 g/mol. The van der Waals surface area contributed by atoms with Crippen molar-refractivity contribution >= 4 is 39.3 Å². The molecule has 0 fully saturated rings. The number of aliphatic carboxylic acids is 1. The second-order valence-corrected chi connectivity index (χ2v) is 9.60. The monoisotopic (exact) mass is 534 g/mol. The highest BCUT2D eigenvalue weighted by atomic mass is 79.9. The minimum atomic E-state index is -1.31. The number of benzene rings is 3. The number of aromatic nitrogens is 1. The van der Waals surface area contributed by atoms with Crippen LogP contribution in [0.25, 0.3) is 21.7 Å². The van der Waals surface area contributed by atoms with Crippen molar-refractivity contribution in [2.24, 2.45) is 0 Å². The molecule has 0 radical (unpaired) electrons. The summed E-state index contributed by atoms with van der Waals surface area (Å²) in [5.74, 6) is -1.32. The summed E-state index contributed by atoms with van der Waals surface area (Å²) in [7, 11) is 0. The van der Waals surface area contributed by atoms with Crippen LogP contribution in [0.4, 0.5) is 4.79 Å². The van der Waals surface area contributed by atoms with Crippen molar-refractivity contribution in [3.8, 4) is 21.7 Å². The number of nitrogens with zero attached hydrogens (tertiary/aromatic N) is 1. The van der Waals surface area contributed by atoms with E-state index in [1.807, 2.05) is 60.7 Å². The Morgan fingerprint density at radius 3 is 2.35 bits per heavy atom. The van der Waals surface area contributed by atoms with Gasteiger partial charge in [0.15, 0.2) is 6.04 Å². The van der Waals surface area contributed by atoms with Crippen molar-refractivity contribution in [2.75, 3.05) is 6.61 Å². The van der Waals surface area contributed by atoms with Crippen LogP contribution in [0.3, 0.4) is 0 Å². The number of ether oxygens (including phenoxy) is 1. The molecule has 1 unspecified atom stereocenters. The van der Waals surface area contributed by atoms with Crippen molar-refractivity contribution in [2.45, 2.75) is 12.0 Å². The second-order valence-electron chi connectivity index (χ2n) is 7.83. The fourth-order valence-corrected chi connectivity index (χ4v) is 5.43. The fraction of sp³-hybridized carbons (Fsp3) is 0.115. The molecule has 5 rings (SSSR count). The summed E-state index contributed by atoms with van der Waals surface area (Å²) in [6, 6.07) is 22.3. The zero-order valence-corrected chi connectivity index (χ0v) is 20.2. The van der Waals surface area contributed by atoms with Gasteiger partial charge in [-0.15, -0.1) is 11.3 Å². The largest absolute Gasteiger partial charge is 0.479 e. The Bertz CT molecular complexity index is 1340. The average Bonchev–Trinajstić information content (AvgIpc) is 3.44. The molecule has 34 heavy (non-hydrogen) atoms. The quantitative estimate of drug-likeness (QED) is 0.305. The van der Waals surface area contributed by atoms with Crippen LogP contribution in [-0.4, -0.2) is 28.8 Å². The molecule has 0 saturated heterocycles. The van der Waals surface area contributed by atoms with Gasteiger partial charge in [-0.05, 0) is 34.4 Å². The zero-order valence-electron chi connectivity index (χ0n) is 17.8. The number of halogens is 1. The van der Waals surface area contributed by atoms with Gasteiger partial charge in [0.2, 0.25) is 0 Å². The van der Waals surface area contributed by atoms with Gasteiger partial charge >= 0.3 is 12.1 Å². The van der Waals surface area contributed by atoms with Crippen LogP contribution >= 0.6 is 27.3 Å². The van der Waals surface area contributed by atoms with E-state index in [4.69, 9.17) is 4.74 Å². The van der Waals surface area contributed by atoms with E-state index < -0.39 is 18.1 Å². The first-order valence-electron chi connectivity index (χ1n) is 10.6. The highest BCUT2D eigenvalue weighted by Gasteiger charge is 2.30. The molecule has 1 amide bonds. The van der Waals surface area contributed by atoms with Crippen molar-refractivity contribution < 1.29 is 19.4 Å². The third kappa shape index (κ3) is 4.34. The smallest absolute Gasteiger partial charge is 0.408 e. The predicted molar refractivity (Wildman–Crippen MR) is 134 cm³/mol. The molecule has 1 atom stereocenters. The van der Waals surface area contributed by atoms with Crippen LogP contribution in [-0.2, 0) is 9.53 Å². The van der Waals surface area contributed by atoms with E-state index in [1.54, 1.807) is 5.38 Å². The lowest BCUT2D eigenvalue weighted by molar-refractivity contribution is -0.139. The van der Waals surface area contributed by atoms with Gasteiger partial charge in [-0.25, -0.2) is 14.6 Å². The third-order valence-corrected chi connectivity index (χ3v) is 7.14. The number of carboxylic acid groups (broad SMARTS) is 1. The van der Waals surface area contributed by atoms with Gasteiger partial charge in [-0.1, -0.05) is 76.6 Å². The van der Waals surface area contributed by atoms with E-state index in [1.165, 1.54) is 11.3 Å². The number of hydrogen-bond acceptors (Lipinski definition) is 5. The van der Waals surface area contributed by atoms with Crippen LogP contribution < -0.4 is 5.32 Å². The predicted octanol–water partition coefficient (Wildman–Crippen LogP) is 6.24. The average molecular weight is 535 g/mol. The number of fused-ring (bicyclic) bond motifs is 3. The van der Waals surface area contributed by atoms with Gasteiger partial charge in [-0.3, -0.25) is 0 Å². The maximum atomic E-state index is 12.6. The first-order valence-corrected chi connectivity index (χ1v) is 12.2. The highest BCUT2D eigenvalue weighted by Crippen LogP contribution is 2.44. The molecule has 1 heterocycles. The minimum absolute atomic E-state index is 0.104. The van der Waals surface area contributed by atoms with E-state index in [2.05, 4.69) is 38.4 Å². The number of carbonyl (C=O) groups is 2. The summed E-state index contributed by atoms with van der Waals surface area (Å²) in [5, 5.41) is 14.5. The second kappa shape index (κ2) is 9.40. The molecule has 8 heteroatoms. The topological polar surface area (TPSA) is 88.5 Å². The lowest BCUT2D eigenvalue weighted by Crippen LogP contribution is -2.35. The van der Waals surface area contributed by atoms with E-state index in [-0.39, 0.29) is 18.2 Å². The SMILES string of the molecule is O=C(NC(C(=O)O)c1csc(-c2cccc(Br)c2)n1)OCC1c2ccccc2-c2ccccc21. The lowest BCUT2D eigenvalue weighted by atomic mass is 9.98. The summed E-state index contributed by atoms with van der Waals surface area (Å²) in [4.78, 5) is 29.0. The minimum Gasteiger partial charge on any atom is -0.479 e. The molecule has 170 valence electrons. The highest BCUT2D eigenvalue weighted by molar-refractivity contribution is 9.10. The zero-order chi connectivity index (χ0) is 23.7. The number of nitrogens with one attached hydrogen (secondary N) is 1. The Kier molecular flexibility index (Phi) is 6.17. The summed E-state index contributed by atoms with van der Waals surface area (Å²) >= 11 is 4.74. The van der Waals surface area contributed by atoms with Crippen LogP contribution in [0.15, 0.2) is 82.6 Å². The maximum absolute atomic E-state index is 12.6. The molecule has 0 spiro atoms. The van der Waals surface area contributed by atoms with Crippen LogP contribution in [0, 0.1) is 0 Å². The lowest BCUT2D eigenvalue weighted by Gasteiger charge is -2.16. The first-order chi connectivity index (χ1) is 16.5. The van der Waals surface area contributed by atoms with Gasteiger partial charge in [0.25, 0.3) is 0 Å². The van der Waals surface area contributed by atoms with Crippen LogP contribution in [0.5, 0.6) is 0 Å². The maximum Gasteiger partial charge on any atom is 0.408 e. The summed E-state index contributed by atoms with van der Waals surface area (Å²) in [6.45, 7) is 0.104. The van der Waals surface area contributed by atoms with Gasteiger partial charge < -0.3 is 15.2 Å². The molecule has 3 aromatic carbocycles. The van der Waals surface area contributed by atoms with E-state index >= 15 is 0 Å². The van der Waals surface area contributed by atoms with Crippen LogP contribution in [0.1, 0.15) is 28.8 Å². The van der Waals surface area contributed by atoms with Crippen LogP contribution in [0.2, 0.25) is 0 Å². The summed E-state index contributed by atoms with van der Waals surface area (Å²) in [5.41, 5.74) is 5.53. The molecule has 1 aliphatic carbocycles. The molecule has 4 aromatic rings. The molecular formula is C26H19BrN2O4S. The van der Waals surface area contributed by atoms with Crippen molar-refractivity contribution in [1.82, 2.24) is 10.3 Å². The first kappa shape index (κ1) is 22.3. The standard InChI is InChI=1S/C26H19BrN2O4S/c27-16-7-5-6-15(12-16)24-28-22(14-34-24)23(25(30)31)29-26(32)33-13-21-19-10-3-1-8-17(19)18-9-2-4-11-20(18)21/h1-12,14,21,23H,13H2,(H,29,32)(H,30,31). The number of carbonyl (C=O) groups excluding carboxylic acids is 1. The van der Waals surface area contributed by atoms with Gasteiger partial charge in [-0.2, -0.15) is 0 Å². The Labute approximate surface area is 208 Å². The Morgan fingerprint density at radius 2 is 1.71 bits per heavy atom. The number of alkyl carbamates (subject to hydrolysis) is 1.